The summed E-state index contributed by atoms with van der Waals surface area (Å²) in [6.07, 6.45) is 0. The van der Waals surface area contributed by atoms with Gasteiger partial charge in [-0.05, 0) is 28.8 Å². The summed E-state index contributed by atoms with van der Waals surface area (Å²) in [6.45, 7) is 0. The summed E-state index contributed by atoms with van der Waals surface area (Å²) >= 11 is 0. The van der Waals surface area contributed by atoms with Gasteiger partial charge in [0.2, 0.25) is 0 Å². The molecule has 0 saturated heterocycles. The van der Waals surface area contributed by atoms with E-state index >= 15 is 0 Å². The van der Waals surface area contributed by atoms with Gasteiger partial charge in [-0.15, -0.1) is 0 Å². The van der Waals surface area contributed by atoms with Crippen LogP contribution < -0.4 is 0 Å². The number of hydrogen-bond donors (Lipinski definition) is 1. The molecule has 0 aliphatic rings. The van der Waals surface area contributed by atoms with E-state index in [0.29, 0.717) is 22.3 Å². The van der Waals surface area contributed by atoms with Gasteiger partial charge in [0.25, 0.3) is 5.69 Å². The first-order chi connectivity index (χ1) is 11.6. The highest BCUT2D eigenvalue weighted by Crippen LogP contribution is 2.38. The number of hydrogen-bond acceptors (Lipinski definition) is 3. The van der Waals surface area contributed by atoms with Crippen molar-refractivity contribution in [2.75, 3.05) is 0 Å². The van der Waals surface area contributed by atoms with E-state index in [-0.39, 0.29) is 11.3 Å². The molecule has 0 saturated carbocycles. The lowest BCUT2D eigenvalue weighted by Gasteiger charge is -2.12. The Kier molecular flexibility index (Phi) is 4.07. The number of carbonyl (C=O) groups is 1. The summed E-state index contributed by atoms with van der Waals surface area (Å²) in [7, 11) is 0. The van der Waals surface area contributed by atoms with E-state index < -0.39 is 10.9 Å². The van der Waals surface area contributed by atoms with Crippen molar-refractivity contribution >= 4 is 11.7 Å². The number of carboxylic acids is 1. The smallest absolute Gasteiger partial charge is 0.336 e. The van der Waals surface area contributed by atoms with Crippen molar-refractivity contribution in [3.63, 3.8) is 0 Å². The van der Waals surface area contributed by atoms with E-state index in [2.05, 4.69) is 0 Å². The van der Waals surface area contributed by atoms with E-state index in [0.717, 1.165) is 0 Å². The Morgan fingerprint density at radius 1 is 0.750 bits per heavy atom. The number of nitrogens with zero attached hydrogens (tertiary/aromatic N) is 1. The van der Waals surface area contributed by atoms with Crippen LogP contribution in [0.3, 0.4) is 0 Å². The molecule has 0 radical (unpaired) electrons. The predicted molar refractivity (Wildman–Crippen MR) is 90.9 cm³/mol. The van der Waals surface area contributed by atoms with Crippen molar-refractivity contribution < 1.29 is 14.8 Å². The molecule has 0 bridgehead atoms. The maximum atomic E-state index is 11.5. The molecule has 1 N–H and O–H groups in total. The van der Waals surface area contributed by atoms with Crippen LogP contribution in [0.4, 0.5) is 5.69 Å². The molecule has 118 valence electrons. The first-order valence-corrected chi connectivity index (χ1v) is 7.25. The molecule has 3 aromatic carbocycles. The molecule has 0 heterocycles. The highest BCUT2D eigenvalue weighted by atomic mass is 16.6. The molecule has 0 aromatic heterocycles. The predicted octanol–water partition coefficient (Wildman–Crippen LogP) is 4.63. The third-order valence-corrected chi connectivity index (χ3v) is 3.77. The van der Waals surface area contributed by atoms with Gasteiger partial charge in [-0.1, -0.05) is 54.6 Å². The first kappa shape index (κ1) is 15.4. The number of nitro benzene ring substituents is 1. The Balaban J connectivity index is 2.29. The van der Waals surface area contributed by atoms with Crippen LogP contribution in [-0.4, -0.2) is 16.0 Å². The lowest BCUT2D eigenvalue weighted by atomic mass is 9.91. The average Bonchev–Trinajstić information content (AvgIpc) is 2.61. The largest absolute Gasteiger partial charge is 0.478 e. The van der Waals surface area contributed by atoms with Crippen LogP contribution in [0.1, 0.15) is 10.4 Å². The Morgan fingerprint density at radius 2 is 1.21 bits per heavy atom. The topological polar surface area (TPSA) is 80.4 Å². The van der Waals surface area contributed by atoms with Gasteiger partial charge in [0.15, 0.2) is 0 Å². The van der Waals surface area contributed by atoms with Crippen LogP contribution in [0.5, 0.6) is 0 Å². The number of nitro groups is 1. The molecular formula is C19H13NO4. The average molecular weight is 319 g/mol. The minimum Gasteiger partial charge on any atom is -0.478 e. The van der Waals surface area contributed by atoms with E-state index in [9.17, 15) is 20.0 Å². The van der Waals surface area contributed by atoms with Crippen LogP contribution in [0.15, 0.2) is 72.8 Å². The van der Waals surface area contributed by atoms with Crippen LogP contribution in [-0.2, 0) is 0 Å². The quantitative estimate of drug-likeness (QED) is 0.561. The minimum atomic E-state index is -1.04. The van der Waals surface area contributed by atoms with Gasteiger partial charge in [-0.2, -0.15) is 0 Å². The Labute approximate surface area is 138 Å². The molecule has 0 fully saturated rings. The van der Waals surface area contributed by atoms with Gasteiger partial charge >= 0.3 is 5.97 Å². The van der Waals surface area contributed by atoms with Crippen molar-refractivity contribution in [3.05, 3.63) is 88.5 Å². The fourth-order valence-electron chi connectivity index (χ4n) is 2.72. The van der Waals surface area contributed by atoms with Gasteiger partial charge in [0, 0.05) is 6.07 Å². The molecule has 0 aliphatic carbocycles. The van der Waals surface area contributed by atoms with Crippen molar-refractivity contribution in [3.8, 4) is 22.3 Å². The minimum absolute atomic E-state index is 0.0160. The van der Waals surface area contributed by atoms with Crippen LogP contribution in [0.25, 0.3) is 22.3 Å². The zero-order valence-electron chi connectivity index (χ0n) is 12.5. The second-order valence-corrected chi connectivity index (χ2v) is 5.17. The maximum Gasteiger partial charge on any atom is 0.336 e. The zero-order valence-corrected chi connectivity index (χ0v) is 12.5. The van der Waals surface area contributed by atoms with Crippen molar-refractivity contribution in [2.24, 2.45) is 0 Å². The number of aromatic carboxylic acids is 1. The first-order valence-electron chi connectivity index (χ1n) is 7.25. The van der Waals surface area contributed by atoms with Gasteiger partial charge in [-0.25, -0.2) is 4.79 Å². The van der Waals surface area contributed by atoms with E-state index in [1.54, 1.807) is 60.7 Å². The Morgan fingerprint density at radius 3 is 1.79 bits per heavy atom. The molecular weight excluding hydrogens is 306 g/mol. The fraction of sp³-hybridized carbons (Fsp3) is 0. The Hall–Kier alpha value is -3.47. The highest BCUT2D eigenvalue weighted by Gasteiger charge is 2.19. The fourth-order valence-corrected chi connectivity index (χ4v) is 2.72. The van der Waals surface area contributed by atoms with Crippen LogP contribution >= 0.6 is 0 Å². The molecule has 24 heavy (non-hydrogen) atoms. The summed E-state index contributed by atoms with van der Waals surface area (Å²) in [5.41, 5.74) is 2.39. The number of benzene rings is 3. The summed E-state index contributed by atoms with van der Waals surface area (Å²) in [4.78, 5) is 22.4. The van der Waals surface area contributed by atoms with Crippen LogP contribution in [0, 0.1) is 10.1 Å². The van der Waals surface area contributed by atoms with Crippen molar-refractivity contribution in [1.29, 1.82) is 0 Å². The second kappa shape index (κ2) is 6.34. The monoisotopic (exact) mass is 319 g/mol. The van der Waals surface area contributed by atoms with E-state index in [1.807, 2.05) is 0 Å². The SMILES string of the molecule is O=C(O)c1ccccc1-c1ccccc1-c1ccccc1[N+](=O)[O-]. The molecule has 3 rings (SSSR count). The van der Waals surface area contributed by atoms with Crippen molar-refractivity contribution in [2.45, 2.75) is 0 Å². The van der Waals surface area contributed by atoms with E-state index in [4.69, 9.17) is 0 Å². The summed E-state index contributed by atoms with van der Waals surface area (Å²) in [5.74, 6) is -1.04. The summed E-state index contributed by atoms with van der Waals surface area (Å²) in [6, 6.07) is 20.2. The van der Waals surface area contributed by atoms with Gasteiger partial charge < -0.3 is 5.11 Å². The summed E-state index contributed by atoms with van der Waals surface area (Å²) in [5, 5.41) is 20.8. The maximum absolute atomic E-state index is 11.5. The van der Waals surface area contributed by atoms with Gasteiger partial charge in [-0.3, -0.25) is 10.1 Å². The molecule has 0 atom stereocenters. The van der Waals surface area contributed by atoms with Gasteiger partial charge in [0.1, 0.15) is 0 Å². The standard InChI is InChI=1S/C19H13NO4/c21-19(22)17-11-4-3-9-15(17)13-7-1-2-8-14(13)16-10-5-6-12-18(16)20(23)24/h1-12H,(H,21,22). The van der Waals surface area contributed by atoms with Crippen LogP contribution in [0.2, 0.25) is 0 Å². The number of rotatable bonds is 4. The van der Waals surface area contributed by atoms with E-state index in [1.165, 1.54) is 12.1 Å². The highest BCUT2D eigenvalue weighted by molar-refractivity contribution is 5.99. The zero-order chi connectivity index (χ0) is 17.1. The normalized spacial score (nSPS) is 10.3. The molecule has 3 aromatic rings. The summed E-state index contributed by atoms with van der Waals surface area (Å²) < 4.78 is 0. The molecule has 0 aliphatic heterocycles. The van der Waals surface area contributed by atoms with Crippen molar-refractivity contribution in [1.82, 2.24) is 0 Å². The number of carboxylic acid groups (broad SMARTS) is 1. The molecule has 5 heteroatoms. The molecule has 0 amide bonds. The number of para-hydroxylation sites is 1. The third-order valence-electron chi connectivity index (χ3n) is 3.77. The molecule has 0 unspecified atom stereocenters. The lowest BCUT2D eigenvalue weighted by molar-refractivity contribution is -0.384. The lowest BCUT2D eigenvalue weighted by Crippen LogP contribution is -2.00. The molecule has 0 spiro atoms. The van der Waals surface area contributed by atoms with Gasteiger partial charge in [0.05, 0.1) is 16.1 Å². The Bertz CT molecular complexity index is 857. The third kappa shape index (κ3) is 2.75. The molecule has 5 nitrogen and oxygen atoms in total. The second-order valence-electron chi connectivity index (χ2n) is 5.17.